The summed E-state index contributed by atoms with van der Waals surface area (Å²) >= 11 is 0. The number of carbonyl (C=O) groups is 1. The SMILES string of the molecule is O=C(Oc1ccn(-c2cccc(C(F)(F)F)c2)n1)OC1CCCCC1. The van der Waals surface area contributed by atoms with Crippen molar-refractivity contribution in [2.75, 3.05) is 0 Å². The molecule has 0 amide bonds. The van der Waals surface area contributed by atoms with Gasteiger partial charge in [0.1, 0.15) is 6.10 Å². The smallest absolute Gasteiger partial charge is 0.431 e. The third-order valence-corrected chi connectivity index (χ3v) is 4.01. The number of ether oxygens (including phenoxy) is 2. The number of hydrogen-bond donors (Lipinski definition) is 0. The lowest BCUT2D eigenvalue weighted by atomic mass is 9.98. The van der Waals surface area contributed by atoms with Crippen molar-refractivity contribution in [3.8, 4) is 11.6 Å². The minimum Gasteiger partial charge on any atom is -0.431 e. The predicted octanol–water partition coefficient (Wildman–Crippen LogP) is 4.74. The fraction of sp³-hybridized carbons (Fsp3) is 0.412. The largest absolute Gasteiger partial charge is 0.515 e. The molecule has 3 rings (SSSR count). The number of rotatable bonds is 3. The maximum absolute atomic E-state index is 12.8. The molecule has 0 spiro atoms. The highest BCUT2D eigenvalue weighted by Gasteiger charge is 2.30. The standard InChI is InChI=1S/C17H17F3N2O3/c18-17(19,20)12-5-4-6-13(11-12)22-10-9-15(21-22)25-16(23)24-14-7-2-1-3-8-14/h4-6,9-11,14H,1-3,7-8H2. The van der Waals surface area contributed by atoms with Crippen LogP contribution in [0.4, 0.5) is 18.0 Å². The van der Waals surface area contributed by atoms with Gasteiger partial charge in [-0.15, -0.1) is 5.10 Å². The fourth-order valence-corrected chi connectivity index (χ4v) is 2.76. The van der Waals surface area contributed by atoms with E-state index in [2.05, 4.69) is 5.10 Å². The van der Waals surface area contributed by atoms with Crippen LogP contribution in [0.1, 0.15) is 37.7 Å². The van der Waals surface area contributed by atoms with Crippen LogP contribution in [0.15, 0.2) is 36.5 Å². The van der Waals surface area contributed by atoms with E-state index in [-0.39, 0.29) is 17.7 Å². The third-order valence-electron chi connectivity index (χ3n) is 4.01. The minimum atomic E-state index is -4.44. The van der Waals surface area contributed by atoms with Gasteiger partial charge in [0.25, 0.3) is 0 Å². The Bertz CT molecular complexity index is 737. The van der Waals surface area contributed by atoms with Crippen molar-refractivity contribution in [2.24, 2.45) is 0 Å². The van der Waals surface area contributed by atoms with E-state index in [4.69, 9.17) is 9.47 Å². The summed E-state index contributed by atoms with van der Waals surface area (Å²) in [5.41, 5.74) is -0.565. The van der Waals surface area contributed by atoms with Crippen LogP contribution >= 0.6 is 0 Å². The Balaban J connectivity index is 1.65. The molecule has 1 aromatic carbocycles. The predicted molar refractivity (Wildman–Crippen MR) is 82.5 cm³/mol. The molecular weight excluding hydrogens is 337 g/mol. The molecule has 1 aliphatic carbocycles. The van der Waals surface area contributed by atoms with E-state index in [1.54, 1.807) is 0 Å². The van der Waals surface area contributed by atoms with Gasteiger partial charge in [-0.25, -0.2) is 9.48 Å². The summed E-state index contributed by atoms with van der Waals surface area (Å²) < 4.78 is 49.7. The molecule has 0 unspecified atom stereocenters. The molecule has 134 valence electrons. The number of carbonyl (C=O) groups excluding carboxylic acids is 1. The average molecular weight is 354 g/mol. The van der Waals surface area contributed by atoms with Crippen LogP contribution in [0, 0.1) is 0 Å². The average Bonchev–Trinajstić information content (AvgIpc) is 3.03. The molecule has 0 radical (unpaired) electrons. The summed E-state index contributed by atoms with van der Waals surface area (Å²) in [6.07, 6.45) is 0.778. The maximum Gasteiger partial charge on any atom is 0.515 e. The quantitative estimate of drug-likeness (QED) is 0.747. The van der Waals surface area contributed by atoms with Crippen molar-refractivity contribution in [1.82, 2.24) is 9.78 Å². The molecule has 0 N–H and O–H groups in total. The molecule has 25 heavy (non-hydrogen) atoms. The van der Waals surface area contributed by atoms with Crippen molar-refractivity contribution in [1.29, 1.82) is 0 Å². The van der Waals surface area contributed by atoms with Crippen molar-refractivity contribution in [3.05, 3.63) is 42.1 Å². The van der Waals surface area contributed by atoms with Crippen LogP contribution in [-0.2, 0) is 10.9 Å². The Hall–Kier alpha value is -2.51. The Morgan fingerprint density at radius 3 is 2.64 bits per heavy atom. The fourth-order valence-electron chi connectivity index (χ4n) is 2.76. The summed E-state index contributed by atoms with van der Waals surface area (Å²) in [4.78, 5) is 11.8. The lowest BCUT2D eigenvalue weighted by molar-refractivity contribution is -0.137. The van der Waals surface area contributed by atoms with Gasteiger partial charge in [0.2, 0.25) is 5.88 Å². The molecule has 0 saturated heterocycles. The van der Waals surface area contributed by atoms with Gasteiger partial charge < -0.3 is 9.47 Å². The van der Waals surface area contributed by atoms with Crippen molar-refractivity contribution in [3.63, 3.8) is 0 Å². The van der Waals surface area contributed by atoms with Crippen molar-refractivity contribution in [2.45, 2.75) is 44.4 Å². The van der Waals surface area contributed by atoms with E-state index in [9.17, 15) is 18.0 Å². The number of nitrogens with zero attached hydrogens (tertiary/aromatic N) is 2. The second kappa shape index (κ2) is 7.16. The Kier molecular flexibility index (Phi) is 4.96. The van der Waals surface area contributed by atoms with Crippen LogP contribution < -0.4 is 4.74 Å². The van der Waals surface area contributed by atoms with Gasteiger partial charge in [-0.05, 0) is 43.9 Å². The molecule has 0 aliphatic heterocycles. The van der Waals surface area contributed by atoms with Crippen molar-refractivity contribution >= 4 is 6.16 Å². The van der Waals surface area contributed by atoms with E-state index in [1.807, 2.05) is 0 Å². The minimum absolute atomic E-state index is 0.0294. The first-order valence-corrected chi connectivity index (χ1v) is 8.03. The van der Waals surface area contributed by atoms with Gasteiger partial charge in [-0.3, -0.25) is 0 Å². The number of alkyl halides is 3. The van der Waals surface area contributed by atoms with Crippen LogP contribution in [0.3, 0.4) is 0 Å². The van der Waals surface area contributed by atoms with E-state index in [0.29, 0.717) is 0 Å². The zero-order valence-electron chi connectivity index (χ0n) is 13.3. The molecular formula is C17H17F3N2O3. The van der Waals surface area contributed by atoms with Gasteiger partial charge in [-0.1, -0.05) is 12.5 Å². The summed E-state index contributed by atoms with van der Waals surface area (Å²) in [6.45, 7) is 0. The summed E-state index contributed by atoms with van der Waals surface area (Å²) in [5.74, 6) is -0.0294. The summed E-state index contributed by atoms with van der Waals surface area (Å²) in [5, 5.41) is 3.96. The van der Waals surface area contributed by atoms with Gasteiger partial charge in [0.05, 0.1) is 11.3 Å². The Morgan fingerprint density at radius 1 is 1.16 bits per heavy atom. The first kappa shape index (κ1) is 17.3. The molecule has 1 saturated carbocycles. The van der Waals surface area contributed by atoms with E-state index < -0.39 is 17.9 Å². The van der Waals surface area contributed by atoms with Gasteiger partial charge in [0, 0.05) is 12.3 Å². The number of benzene rings is 1. The third kappa shape index (κ3) is 4.52. The second-order valence-electron chi connectivity index (χ2n) is 5.88. The monoisotopic (exact) mass is 354 g/mol. The zero-order chi connectivity index (χ0) is 17.9. The summed E-state index contributed by atoms with van der Waals surface area (Å²) in [6, 6.07) is 6.11. The van der Waals surface area contributed by atoms with Crippen LogP contribution in [0.5, 0.6) is 5.88 Å². The van der Waals surface area contributed by atoms with E-state index in [0.717, 1.165) is 44.2 Å². The molecule has 0 bridgehead atoms. The highest BCUT2D eigenvalue weighted by atomic mass is 19.4. The molecule has 8 heteroatoms. The molecule has 1 aliphatic rings. The zero-order valence-corrected chi connectivity index (χ0v) is 13.3. The molecule has 1 aromatic heterocycles. The Morgan fingerprint density at radius 2 is 1.92 bits per heavy atom. The lowest BCUT2D eigenvalue weighted by Gasteiger charge is -2.20. The summed E-state index contributed by atoms with van der Waals surface area (Å²) in [7, 11) is 0. The highest BCUT2D eigenvalue weighted by Crippen LogP contribution is 2.30. The normalized spacial score (nSPS) is 15.8. The molecule has 1 fully saturated rings. The molecule has 5 nitrogen and oxygen atoms in total. The van der Waals surface area contributed by atoms with Crippen LogP contribution in [-0.4, -0.2) is 22.0 Å². The van der Waals surface area contributed by atoms with Crippen molar-refractivity contribution < 1.29 is 27.4 Å². The maximum atomic E-state index is 12.8. The number of hydrogen-bond acceptors (Lipinski definition) is 4. The molecule has 0 atom stereocenters. The van der Waals surface area contributed by atoms with Gasteiger partial charge in [-0.2, -0.15) is 13.2 Å². The van der Waals surface area contributed by atoms with Crippen LogP contribution in [0.25, 0.3) is 5.69 Å². The number of aromatic nitrogens is 2. The van der Waals surface area contributed by atoms with Gasteiger partial charge in [0.15, 0.2) is 0 Å². The number of halogens is 3. The second-order valence-corrected chi connectivity index (χ2v) is 5.88. The highest BCUT2D eigenvalue weighted by molar-refractivity contribution is 5.63. The van der Waals surface area contributed by atoms with Gasteiger partial charge >= 0.3 is 12.3 Å². The topological polar surface area (TPSA) is 53.4 Å². The van der Waals surface area contributed by atoms with Crippen LogP contribution in [0.2, 0.25) is 0 Å². The molecule has 1 heterocycles. The Labute approximate surface area is 142 Å². The lowest BCUT2D eigenvalue weighted by Crippen LogP contribution is -2.23. The first-order chi connectivity index (χ1) is 11.9. The van der Waals surface area contributed by atoms with E-state index in [1.165, 1.54) is 29.1 Å². The van der Waals surface area contributed by atoms with E-state index >= 15 is 0 Å². The molecule has 2 aromatic rings. The first-order valence-electron chi connectivity index (χ1n) is 8.03.